The fourth-order valence-electron chi connectivity index (χ4n) is 1.44. The Morgan fingerprint density at radius 3 is 2.87 bits per heavy atom. The van der Waals surface area contributed by atoms with E-state index in [9.17, 15) is 9.90 Å². The number of carbonyl (C=O) groups is 1. The van der Waals surface area contributed by atoms with Crippen molar-refractivity contribution >= 4 is 5.97 Å². The third-order valence-electron chi connectivity index (χ3n) is 2.58. The van der Waals surface area contributed by atoms with Crippen LogP contribution in [0.3, 0.4) is 0 Å². The minimum atomic E-state index is -0.970. The second kappa shape index (κ2) is 4.88. The first-order valence-corrected chi connectivity index (χ1v) is 4.91. The lowest BCUT2D eigenvalue weighted by Crippen LogP contribution is -2.33. The van der Waals surface area contributed by atoms with Crippen LogP contribution in [0, 0.1) is 0 Å². The van der Waals surface area contributed by atoms with Crippen molar-refractivity contribution in [2.75, 3.05) is 6.54 Å². The number of hydrogen-bond acceptors (Lipinski definition) is 4. The lowest BCUT2D eigenvalue weighted by Gasteiger charge is -2.21. The summed E-state index contributed by atoms with van der Waals surface area (Å²) >= 11 is 0. The Morgan fingerprint density at radius 2 is 2.40 bits per heavy atom. The number of carboxylic acid groups (broad SMARTS) is 1. The number of H-pyrrole nitrogens is 1. The zero-order chi connectivity index (χ0) is 11.3. The number of aromatic amines is 1. The van der Waals surface area contributed by atoms with Gasteiger partial charge in [-0.25, -0.2) is 0 Å². The predicted octanol–water partition coefficient (Wildman–Crippen LogP) is 0.276. The van der Waals surface area contributed by atoms with Gasteiger partial charge in [-0.05, 0) is 26.3 Å². The van der Waals surface area contributed by atoms with E-state index in [2.05, 4.69) is 15.4 Å². The summed E-state index contributed by atoms with van der Waals surface area (Å²) in [4.78, 5) is 11.2. The molecule has 0 aliphatic heterocycles. The van der Waals surface area contributed by atoms with Crippen LogP contribution in [-0.2, 0) is 10.2 Å². The highest BCUT2D eigenvalue weighted by Crippen LogP contribution is 2.27. The Kier molecular flexibility index (Phi) is 3.79. The van der Waals surface area contributed by atoms with Crippen LogP contribution in [0.15, 0.2) is 6.20 Å². The second-order valence-corrected chi connectivity index (χ2v) is 3.74. The molecule has 4 N–H and O–H groups in total. The molecule has 6 heteroatoms. The standard InChI is InChI=1S/C9H16N4O2/c1-9(8(14)15,4-2-3-5-10)7-6-11-13-12-7/h6H,2-5,10H2,1H3,(H,14,15)(H,11,12,13). The molecule has 0 aliphatic carbocycles. The van der Waals surface area contributed by atoms with E-state index in [0.29, 0.717) is 18.7 Å². The Hall–Kier alpha value is -1.43. The van der Waals surface area contributed by atoms with Crippen molar-refractivity contribution in [3.8, 4) is 0 Å². The van der Waals surface area contributed by atoms with Gasteiger partial charge in [0.15, 0.2) is 0 Å². The van der Waals surface area contributed by atoms with Crippen molar-refractivity contribution in [2.24, 2.45) is 5.73 Å². The molecule has 1 rings (SSSR count). The fourth-order valence-corrected chi connectivity index (χ4v) is 1.44. The number of aliphatic carboxylic acids is 1. The summed E-state index contributed by atoms with van der Waals surface area (Å²) in [5.41, 5.74) is 4.87. The highest BCUT2D eigenvalue weighted by atomic mass is 16.4. The van der Waals surface area contributed by atoms with E-state index >= 15 is 0 Å². The lowest BCUT2D eigenvalue weighted by atomic mass is 9.82. The molecule has 84 valence electrons. The molecule has 1 heterocycles. The Labute approximate surface area is 87.9 Å². The third kappa shape index (κ3) is 2.53. The van der Waals surface area contributed by atoms with Crippen molar-refractivity contribution in [2.45, 2.75) is 31.6 Å². The average molecular weight is 212 g/mol. The maximum Gasteiger partial charge on any atom is 0.315 e. The summed E-state index contributed by atoms with van der Waals surface area (Å²) in [7, 11) is 0. The SMILES string of the molecule is CC(CCCCN)(C(=O)O)c1c[nH]nn1. The fraction of sp³-hybridized carbons (Fsp3) is 0.667. The summed E-state index contributed by atoms with van der Waals surface area (Å²) in [6.07, 6.45) is 3.63. The molecule has 1 unspecified atom stereocenters. The molecule has 0 saturated carbocycles. The van der Waals surface area contributed by atoms with E-state index in [-0.39, 0.29) is 0 Å². The number of hydrogen-bond donors (Lipinski definition) is 3. The van der Waals surface area contributed by atoms with Crippen LogP contribution in [0.25, 0.3) is 0 Å². The highest BCUT2D eigenvalue weighted by Gasteiger charge is 2.36. The Balaban J connectivity index is 2.75. The minimum absolute atomic E-state index is 0.465. The highest BCUT2D eigenvalue weighted by molar-refractivity contribution is 5.79. The van der Waals surface area contributed by atoms with Crippen LogP contribution >= 0.6 is 0 Å². The molecule has 1 aromatic rings. The molecule has 0 fully saturated rings. The van der Waals surface area contributed by atoms with Crippen molar-refractivity contribution in [3.63, 3.8) is 0 Å². The zero-order valence-electron chi connectivity index (χ0n) is 8.73. The van der Waals surface area contributed by atoms with Gasteiger partial charge in [0, 0.05) is 6.20 Å². The number of nitrogens with zero attached hydrogens (tertiary/aromatic N) is 2. The summed E-state index contributed by atoms with van der Waals surface area (Å²) in [6, 6.07) is 0. The molecule has 15 heavy (non-hydrogen) atoms. The lowest BCUT2D eigenvalue weighted by molar-refractivity contribution is -0.143. The summed E-state index contributed by atoms with van der Waals surface area (Å²) in [5.74, 6) is -0.881. The van der Waals surface area contributed by atoms with Crippen LogP contribution < -0.4 is 5.73 Å². The molecule has 1 aromatic heterocycles. The van der Waals surface area contributed by atoms with Crippen molar-refractivity contribution in [3.05, 3.63) is 11.9 Å². The van der Waals surface area contributed by atoms with Gasteiger partial charge in [-0.15, -0.1) is 5.10 Å². The van der Waals surface area contributed by atoms with Crippen molar-refractivity contribution in [1.29, 1.82) is 0 Å². The molecule has 0 spiro atoms. The number of unbranched alkanes of at least 4 members (excludes halogenated alkanes) is 1. The summed E-state index contributed by atoms with van der Waals surface area (Å²) in [6.45, 7) is 2.23. The van der Waals surface area contributed by atoms with E-state index in [1.807, 2.05) is 0 Å². The third-order valence-corrected chi connectivity index (χ3v) is 2.58. The quantitative estimate of drug-likeness (QED) is 0.587. The smallest absolute Gasteiger partial charge is 0.315 e. The molecular formula is C9H16N4O2. The average Bonchev–Trinajstić information content (AvgIpc) is 2.70. The van der Waals surface area contributed by atoms with Crippen LogP contribution in [0.4, 0.5) is 0 Å². The van der Waals surface area contributed by atoms with Gasteiger partial charge in [-0.2, -0.15) is 0 Å². The molecule has 0 saturated heterocycles. The van der Waals surface area contributed by atoms with Gasteiger partial charge in [0.05, 0.1) is 5.69 Å². The maximum atomic E-state index is 11.2. The van der Waals surface area contributed by atoms with Crippen LogP contribution in [0.5, 0.6) is 0 Å². The van der Waals surface area contributed by atoms with Crippen molar-refractivity contribution < 1.29 is 9.90 Å². The zero-order valence-corrected chi connectivity index (χ0v) is 8.73. The number of nitrogens with two attached hydrogens (primary N) is 1. The molecule has 0 amide bonds. The predicted molar refractivity (Wildman–Crippen MR) is 54.3 cm³/mol. The maximum absolute atomic E-state index is 11.2. The van der Waals surface area contributed by atoms with Gasteiger partial charge in [0.1, 0.15) is 5.41 Å². The van der Waals surface area contributed by atoms with Gasteiger partial charge in [0.2, 0.25) is 0 Å². The molecule has 0 aliphatic rings. The van der Waals surface area contributed by atoms with E-state index in [0.717, 1.165) is 12.8 Å². The first kappa shape index (κ1) is 11.6. The van der Waals surface area contributed by atoms with E-state index in [1.165, 1.54) is 6.20 Å². The van der Waals surface area contributed by atoms with Crippen LogP contribution in [-0.4, -0.2) is 33.0 Å². The Morgan fingerprint density at radius 1 is 1.67 bits per heavy atom. The number of carboxylic acids is 1. The van der Waals surface area contributed by atoms with E-state index < -0.39 is 11.4 Å². The molecule has 1 atom stereocenters. The van der Waals surface area contributed by atoms with E-state index in [1.54, 1.807) is 6.92 Å². The normalized spacial score (nSPS) is 14.8. The number of aromatic nitrogens is 3. The topological polar surface area (TPSA) is 105 Å². The summed E-state index contributed by atoms with van der Waals surface area (Å²) in [5, 5.41) is 19.0. The number of nitrogens with one attached hydrogen (secondary N) is 1. The van der Waals surface area contributed by atoms with Crippen LogP contribution in [0.2, 0.25) is 0 Å². The Bertz CT molecular complexity index is 312. The monoisotopic (exact) mass is 212 g/mol. The van der Waals surface area contributed by atoms with E-state index in [4.69, 9.17) is 5.73 Å². The van der Waals surface area contributed by atoms with Gasteiger partial charge >= 0.3 is 5.97 Å². The first-order chi connectivity index (χ1) is 7.11. The van der Waals surface area contributed by atoms with Crippen molar-refractivity contribution in [1.82, 2.24) is 15.4 Å². The van der Waals surface area contributed by atoms with Crippen LogP contribution in [0.1, 0.15) is 31.9 Å². The van der Waals surface area contributed by atoms with Gasteiger partial charge < -0.3 is 10.8 Å². The minimum Gasteiger partial charge on any atom is -0.481 e. The first-order valence-electron chi connectivity index (χ1n) is 4.91. The molecule has 6 nitrogen and oxygen atoms in total. The summed E-state index contributed by atoms with van der Waals surface area (Å²) < 4.78 is 0. The van der Waals surface area contributed by atoms with Gasteiger partial charge in [0.25, 0.3) is 0 Å². The molecular weight excluding hydrogens is 196 g/mol. The van der Waals surface area contributed by atoms with Gasteiger partial charge in [-0.1, -0.05) is 11.6 Å². The molecule has 0 bridgehead atoms. The molecule has 0 radical (unpaired) electrons. The van der Waals surface area contributed by atoms with Gasteiger partial charge in [-0.3, -0.25) is 9.89 Å². The largest absolute Gasteiger partial charge is 0.481 e. The second-order valence-electron chi connectivity index (χ2n) is 3.74. The number of rotatable bonds is 6. The molecule has 0 aromatic carbocycles.